The first-order valence-corrected chi connectivity index (χ1v) is 5.73. The molecule has 0 saturated heterocycles. The molecule has 80 valence electrons. The number of thiophene rings is 1. The van der Waals surface area contributed by atoms with Gasteiger partial charge in [0.15, 0.2) is 0 Å². The molecule has 0 radical (unpaired) electrons. The smallest absolute Gasteiger partial charge is 0.140 e. The van der Waals surface area contributed by atoms with E-state index < -0.39 is 0 Å². The molecule has 0 spiro atoms. The highest BCUT2D eigenvalue weighted by Gasteiger charge is 2.13. The number of nitrogens with two attached hydrogens (primary N) is 1. The largest absolute Gasteiger partial charge is 0.355 e. The molecule has 2 aromatic rings. The number of fused-ring (bicyclic) bond motifs is 1. The fraction of sp³-hybridized carbons (Fsp3) is 0.400. The summed E-state index contributed by atoms with van der Waals surface area (Å²) in [6.07, 6.45) is 1.61. The molecule has 0 amide bonds. The lowest BCUT2D eigenvalue weighted by molar-refractivity contribution is 0.689. The topological polar surface area (TPSA) is 55.0 Å². The fourth-order valence-corrected chi connectivity index (χ4v) is 2.15. The molecule has 0 aliphatic rings. The Labute approximate surface area is 92.8 Å². The van der Waals surface area contributed by atoms with Crippen LogP contribution >= 0.6 is 11.3 Å². The Bertz CT molecular complexity index is 453. The maximum Gasteiger partial charge on any atom is 0.140 e. The van der Waals surface area contributed by atoms with Gasteiger partial charge in [-0.05, 0) is 18.4 Å². The number of aromatic nitrogens is 2. The van der Waals surface area contributed by atoms with Crippen molar-refractivity contribution in [2.75, 3.05) is 18.5 Å². The predicted octanol–water partition coefficient (Wildman–Crippen LogP) is 1.47. The second-order valence-corrected chi connectivity index (χ2v) is 4.43. The van der Waals surface area contributed by atoms with E-state index in [4.69, 9.17) is 5.73 Å². The molecule has 0 aliphatic heterocycles. The maximum atomic E-state index is 5.65. The molecule has 1 atom stereocenters. The van der Waals surface area contributed by atoms with E-state index in [0.29, 0.717) is 6.54 Å². The third kappa shape index (κ3) is 1.80. The molecule has 2 heterocycles. The van der Waals surface area contributed by atoms with E-state index >= 15 is 0 Å². The molecular weight excluding hydrogens is 208 g/mol. The van der Waals surface area contributed by atoms with Crippen LogP contribution in [0.1, 0.15) is 6.92 Å². The number of rotatable bonds is 3. The van der Waals surface area contributed by atoms with Crippen molar-refractivity contribution in [1.82, 2.24) is 9.97 Å². The molecule has 2 N–H and O–H groups in total. The number of likely N-dealkylation sites (N-methyl/N-ethyl adjacent to an activating group) is 1. The van der Waals surface area contributed by atoms with E-state index in [2.05, 4.69) is 27.9 Å². The second kappa shape index (κ2) is 4.12. The first-order valence-electron chi connectivity index (χ1n) is 4.85. The lowest BCUT2D eigenvalue weighted by Gasteiger charge is -2.24. The zero-order chi connectivity index (χ0) is 10.8. The van der Waals surface area contributed by atoms with Crippen molar-refractivity contribution in [3.63, 3.8) is 0 Å². The SMILES string of the molecule is CC(CN)N(C)c1ncnc2sccc12. The van der Waals surface area contributed by atoms with Crippen LogP contribution in [0.3, 0.4) is 0 Å². The molecule has 0 bridgehead atoms. The number of hydrogen-bond acceptors (Lipinski definition) is 5. The maximum absolute atomic E-state index is 5.65. The molecule has 0 fully saturated rings. The standard InChI is InChI=1S/C10H14N4S/c1-7(5-11)14(2)9-8-3-4-15-10(8)13-6-12-9/h3-4,6-7H,5,11H2,1-2H3. The summed E-state index contributed by atoms with van der Waals surface area (Å²) in [6, 6.07) is 2.33. The van der Waals surface area contributed by atoms with Crippen molar-refractivity contribution in [1.29, 1.82) is 0 Å². The Kier molecular flexibility index (Phi) is 2.83. The zero-order valence-corrected chi connectivity index (χ0v) is 9.66. The van der Waals surface area contributed by atoms with E-state index in [9.17, 15) is 0 Å². The molecular formula is C10H14N4S. The van der Waals surface area contributed by atoms with Gasteiger partial charge in [0, 0.05) is 19.6 Å². The third-order valence-corrected chi connectivity index (χ3v) is 3.40. The van der Waals surface area contributed by atoms with Crippen LogP contribution in [0, 0.1) is 0 Å². The summed E-state index contributed by atoms with van der Waals surface area (Å²) in [5.41, 5.74) is 5.65. The average Bonchev–Trinajstić information content (AvgIpc) is 2.74. The van der Waals surface area contributed by atoms with Crippen LogP contribution in [0.15, 0.2) is 17.8 Å². The summed E-state index contributed by atoms with van der Waals surface area (Å²) in [4.78, 5) is 11.7. The van der Waals surface area contributed by atoms with Crippen molar-refractivity contribution in [3.05, 3.63) is 17.8 Å². The quantitative estimate of drug-likeness (QED) is 0.854. The molecule has 5 heteroatoms. The summed E-state index contributed by atoms with van der Waals surface area (Å²) in [5.74, 6) is 0.958. The zero-order valence-electron chi connectivity index (χ0n) is 8.84. The summed E-state index contributed by atoms with van der Waals surface area (Å²) in [7, 11) is 2.01. The highest BCUT2D eigenvalue weighted by Crippen LogP contribution is 2.26. The highest BCUT2D eigenvalue weighted by molar-refractivity contribution is 7.16. The van der Waals surface area contributed by atoms with Crippen molar-refractivity contribution in [2.24, 2.45) is 5.73 Å². The van der Waals surface area contributed by atoms with Gasteiger partial charge in [-0.3, -0.25) is 0 Å². The minimum atomic E-state index is 0.281. The molecule has 0 aliphatic carbocycles. The summed E-state index contributed by atoms with van der Waals surface area (Å²) < 4.78 is 0. The molecule has 0 saturated carbocycles. The Morgan fingerprint density at radius 2 is 2.33 bits per heavy atom. The van der Waals surface area contributed by atoms with Crippen molar-refractivity contribution in [2.45, 2.75) is 13.0 Å². The Morgan fingerprint density at radius 1 is 1.53 bits per heavy atom. The van der Waals surface area contributed by atoms with Gasteiger partial charge in [0.1, 0.15) is 17.0 Å². The van der Waals surface area contributed by atoms with Gasteiger partial charge in [-0.2, -0.15) is 0 Å². The van der Waals surface area contributed by atoms with E-state index in [1.165, 1.54) is 0 Å². The first-order chi connectivity index (χ1) is 7.24. The molecule has 2 rings (SSSR count). The van der Waals surface area contributed by atoms with Gasteiger partial charge in [-0.15, -0.1) is 11.3 Å². The predicted molar refractivity (Wildman–Crippen MR) is 64.3 cm³/mol. The lowest BCUT2D eigenvalue weighted by atomic mass is 10.2. The Balaban J connectivity index is 2.46. The second-order valence-electron chi connectivity index (χ2n) is 3.53. The molecule has 15 heavy (non-hydrogen) atoms. The van der Waals surface area contributed by atoms with E-state index in [0.717, 1.165) is 16.0 Å². The summed E-state index contributed by atoms with van der Waals surface area (Å²) in [5, 5.41) is 3.13. The fourth-order valence-electron chi connectivity index (χ4n) is 1.42. The van der Waals surface area contributed by atoms with Gasteiger partial charge in [0.2, 0.25) is 0 Å². The highest BCUT2D eigenvalue weighted by atomic mass is 32.1. The van der Waals surface area contributed by atoms with Crippen molar-refractivity contribution < 1.29 is 0 Å². The first kappa shape index (κ1) is 10.3. The minimum Gasteiger partial charge on any atom is -0.355 e. The van der Waals surface area contributed by atoms with Crippen LogP contribution in [-0.4, -0.2) is 29.6 Å². The van der Waals surface area contributed by atoms with Crippen LogP contribution in [0.4, 0.5) is 5.82 Å². The van der Waals surface area contributed by atoms with Gasteiger partial charge >= 0.3 is 0 Å². The van der Waals surface area contributed by atoms with Gasteiger partial charge in [-0.25, -0.2) is 9.97 Å². The van der Waals surface area contributed by atoms with Crippen LogP contribution in [-0.2, 0) is 0 Å². The van der Waals surface area contributed by atoms with Gasteiger partial charge in [-0.1, -0.05) is 0 Å². The average molecular weight is 222 g/mol. The lowest BCUT2D eigenvalue weighted by Crippen LogP contribution is -2.35. The monoisotopic (exact) mass is 222 g/mol. The van der Waals surface area contributed by atoms with Crippen LogP contribution in [0.5, 0.6) is 0 Å². The van der Waals surface area contributed by atoms with E-state index in [1.54, 1.807) is 17.7 Å². The number of anilines is 1. The van der Waals surface area contributed by atoms with E-state index in [1.807, 2.05) is 12.4 Å². The molecule has 2 aromatic heterocycles. The molecule has 4 nitrogen and oxygen atoms in total. The molecule has 1 unspecified atom stereocenters. The van der Waals surface area contributed by atoms with Gasteiger partial charge in [0.05, 0.1) is 5.39 Å². The van der Waals surface area contributed by atoms with Gasteiger partial charge < -0.3 is 10.6 Å². The van der Waals surface area contributed by atoms with Gasteiger partial charge in [0.25, 0.3) is 0 Å². The normalized spacial score (nSPS) is 13.0. The van der Waals surface area contributed by atoms with Crippen LogP contribution in [0.2, 0.25) is 0 Å². The Hall–Kier alpha value is -1.20. The van der Waals surface area contributed by atoms with Crippen LogP contribution < -0.4 is 10.6 Å². The van der Waals surface area contributed by atoms with E-state index in [-0.39, 0.29) is 6.04 Å². The van der Waals surface area contributed by atoms with Crippen molar-refractivity contribution in [3.8, 4) is 0 Å². The third-order valence-electron chi connectivity index (χ3n) is 2.58. The van der Waals surface area contributed by atoms with Crippen LogP contribution in [0.25, 0.3) is 10.2 Å². The summed E-state index contributed by atoms with van der Waals surface area (Å²) in [6.45, 7) is 2.70. The minimum absolute atomic E-state index is 0.281. The summed E-state index contributed by atoms with van der Waals surface area (Å²) >= 11 is 1.63. The Morgan fingerprint density at radius 3 is 3.07 bits per heavy atom. The van der Waals surface area contributed by atoms with Crippen molar-refractivity contribution >= 4 is 27.4 Å². The number of nitrogens with zero attached hydrogens (tertiary/aromatic N) is 3. The molecule has 0 aromatic carbocycles. The number of hydrogen-bond donors (Lipinski definition) is 1.